The number of halogens is 4. The summed E-state index contributed by atoms with van der Waals surface area (Å²) in [5.74, 6) is -0.321. The van der Waals surface area contributed by atoms with Crippen molar-refractivity contribution >= 4 is 15.9 Å². The first-order valence-electron chi connectivity index (χ1n) is 4.74. The highest BCUT2D eigenvalue weighted by Gasteiger charge is 2.34. The number of ether oxygens (including phenoxy) is 3. The molecule has 0 amide bonds. The summed E-state index contributed by atoms with van der Waals surface area (Å²) in [6.45, 7) is 0.707. The molecule has 1 heterocycles. The Morgan fingerprint density at radius 2 is 1.88 bits per heavy atom. The lowest BCUT2D eigenvalue weighted by atomic mass is 10.2. The summed E-state index contributed by atoms with van der Waals surface area (Å²) in [5.41, 5.74) is 0.225. The van der Waals surface area contributed by atoms with Crippen molar-refractivity contribution in [3.05, 3.63) is 28.2 Å². The van der Waals surface area contributed by atoms with E-state index in [-0.39, 0.29) is 11.3 Å². The molecule has 0 atom stereocenters. The number of hydrogen-bond acceptors (Lipinski definition) is 3. The van der Waals surface area contributed by atoms with E-state index in [0.717, 1.165) is 0 Å². The minimum atomic E-state index is -4.74. The highest BCUT2D eigenvalue weighted by molar-refractivity contribution is 9.10. The standard InChI is InChI=1S/C10H8BrF3O3/c11-6-1-2-7(9-15-3-4-16-9)8(5-6)17-10(12,13)14/h1-2,5,9H,3-4H2. The summed E-state index contributed by atoms with van der Waals surface area (Å²) in [4.78, 5) is 0. The Kier molecular flexibility index (Phi) is 3.60. The van der Waals surface area contributed by atoms with Gasteiger partial charge in [0, 0.05) is 4.47 Å². The zero-order valence-corrected chi connectivity index (χ0v) is 10.0. The molecule has 1 aromatic rings. The summed E-state index contributed by atoms with van der Waals surface area (Å²) < 4.78 is 51.4. The Morgan fingerprint density at radius 3 is 2.47 bits per heavy atom. The lowest BCUT2D eigenvalue weighted by molar-refractivity contribution is -0.275. The Morgan fingerprint density at radius 1 is 1.24 bits per heavy atom. The van der Waals surface area contributed by atoms with Crippen LogP contribution in [-0.4, -0.2) is 19.6 Å². The van der Waals surface area contributed by atoms with Gasteiger partial charge in [0.15, 0.2) is 6.29 Å². The Balaban J connectivity index is 2.30. The van der Waals surface area contributed by atoms with E-state index in [4.69, 9.17) is 9.47 Å². The fourth-order valence-corrected chi connectivity index (χ4v) is 1.79. The fraction of sp³-hybridized carbons (Fsp3) is 0.400. The molecule has 0 aromatic heterocycles. The van der Waals surface area contributed by atoms with Crippen LogP contribution in [-0.2, 0) is 9.47 Å². The second-order valence-electron chi connectivity index (χ2n) is 3.30. The van der Waals surface area contributed by atoms with Gasteiger partial charge >= 0.3 is 6.36 Å². The van der Waals surface area contributed by atoms with Crippen LogP contribution in [0.4, 0.5) is 13.2 Å². The van der Waals surface area contributed by atoms with Gasteiger partial charge < -0.3 is 14.2 Å². The first-order chi connectivity index (χ1) is 7.96. The van der Waals surface area contributed by atoms with Crippen LogP contribution in [0, 0.1) is 0 Å². The van der Waals surface area contributed by atoms with Gasteiger partial charge in [-0.1, -0.05) is 15.9 Å². The van der Waals surface area contributed by atoms with Crippen molar-refractivity contribution in [2.45, 2.75) is 12.7 Å². The summed E-state index contributed by atoms with van der Waals surface area (Å²) in [5, 5.41) is 0. The molecule has 1 aromatic carbocycles. The monoisotopic (exact) mass is 312 g/mol. The maximum absolute atomic E-state index is 12.2. The third kappa shape index (κ3) is 3.34. The van der Waals surface area contributed by atoms with E-state index in [1.54, 1.807) is 6.07 Å². The van der Waals surface area contributed by atoms with E-state index in [1.807, 2.05) is 0 Å². The van der Waals surface area contributed by atoms with E-state index < -0.39 is 12.7 Å². The summed E-state index contributed by atoms with van der Waals surface area (Å²) in [6, 6.07) is 4.30. The Labute approximate surface area is 104 Å². The topological polar surface area (TPSA) is 27.7 Å². The van der Waals surface area contributed by atoms with Crippen LogP contribution >= 0.6 is 15.9 Å². The van der Waals surface area contributed by atoms with Crippen molar-refractivity contribution in [1.82, 2.24) is 0 Å². The average Bonchev–Trinajstić information content (AvgIpc) is 2.68. The van der Waals surface area contributed by atoms with Gasteiger partial charge in [-0.05, 0) is 18.2 Å². The molecule has 2 rings (SSSR count). The predicted molar refractivity (Wildman–Crippen MR) is 55.5 cm³/mol. The van der Waals surface area contributed by atoms with Crippen LogP contribution in [0.3, 0.4) is 0 Å². The largest absolute Gasteiger partial charge is 0.573 e. The molecule has 0 radical (unpaired) electrons. The molecular formula is C10H8BrF3O3. The van der Waals surface area contributed by atoms with E-state index >= 15 is 0 Å². The van der Waals surface area contributed by atoms with Crippen LogP contribution in [0.15, 0.2) is 22.7 Å². The van der Waals surface area contributed by atoms with Crippen LogP contribution in [0.5, 0.6) is 5.75 Å². The van der Waals surface area contributed by atoms with Gasteiger partial charge in [-0.15, -0.1) is 13.2 Å². The Hall–Kier alpha value is -0.790. The molecule has 1 saturated heterocycles. The predicted octanol–water partition coefficient (Wildman–Crippen LogP) is 3.39. The van der Waals surface area contributed by atoms with E-state index in [0.29, 0.717) is 17.7 Å². The molecule has 0 unspecified atom stereocenters. The molecule has 1 aliphatic rings. The lowest BCUT2D eigenvalue weighted by Crippen LogP contribution is -2.19. The van der Waals surface area contributed by atoms with Gasteiger partial charge in [0.25, 0.3) is 0 Å². The molecule has 94 valence electrons. The van der Waals surface area contributed by atoms with Gasteiger partial charge in [0.1, 0.15) is 5.75 Å². The maximum atomic E-state index is 12.2. The number of benzene rings is 1. The first kappa shape index (κ1) is 12.7. The van der Waals surface area contributed by atoms with Gasteiger partial charge in [-0.2, -0.15) is 0 Å². The zero-order valence-electron chi connectivity index (χ0n) is 8.46. The minimum absolute atomic E-state index is 0.225. The van der Waals surface area contributed by atoms with Crippen molar-refractivity contribution in [3.8, 4) is 5.75 Å². The highest BCUT2D eigenvalue weighted by Crippen LogP contribution is 2.36. The summed E-state index contributed by atoms with van der Waals surface area (Å²) >= 11 is 3.08. The molecule has 0 N–H and O–H groups in total. The van der Waals surface area contributed by atoms with Gasteiger partial charge in [0.05, 0.1) is 18.8 Å². The molecule has 1 fully saturated rings. The number of hydrogen-bond donors (Lipinski definition) is 0. The third-order valence-electron chi connectivity index (χ3n) is 2.08. The molecule has 1 aliphatic heterocycles. The number of alkyl halides is 3. The molecule has 0 aliphatic carbocycles. The van der Waals surface area contributed by atoms with E-state index in [9.17, 15) is 13.2 Å². The third-order valence-corrected chi connectivity index (χ3v) is 2.57. The summed E-state index contributed by atoms with van der Waals surface area (Å²) in [7, 11) is 0. The smallest absolute Gasteiger partial charge is 0.405 e. The zero-order chi connectivity index (χ0) is 12.5. The molecule has 0 spiro atoms. The quantitative estimate of drug-likeness (QED) is 0.837. The molecular weight excluding hydrogens is 305 g/mol. The molecule has 3 nitrogen and oxygen atoms in total. The maximum Gasteiger partial charge on any atom is 0.573 e. The van der Waals surface area contributed by atoms with Crippen molar-refractivity contribution in [2.24, 2.45) is 0 Å². The van der Waals surface area contributed by atoms with Gasteiger partial charge in [-0.25, -0.2) is 0 Å². The van der Waals surface area contributed by atoms with Crippen LogP contribution in [0.2, 0.25) is 0 Å². The fourth-order valence-electron chi connectivity index (χ4n) is 1.45. The van der Waals surface area contributed by atoms with Crippen molar-refractivity contribution in [3.63, 3.8) is 0 Å². The first-order valence-corrected chi connectivity index (χ1v) is 5.53. The van der Waals surface area contributed by atoms with Gasteiger partial charge in [-0.3, -0.25) is 0 Å². The van der Waals surface area contributed by atoms with Crippen molar-refractivity contribution in [2.75, 3.05) is 13.2 Å². The molecule has 0 saturated carbocycles. The summed E-state index contributed by atoms with van der Waals surface area (Å²) in [6.07, 6.45) is -5.55. The average molecular weight is 313 g/mol. The second kappa shape index (κ2) is 4.83. The minimum Gasteiger partial charge on any atom is -0.405 e. The van der Waals surface area contributed by atoms with Crippen molar-refractivity contribution in [1.29, 1.82) is 0 Å². The van der Waals surface area contributed by atoms with Gasteiger partial charge in [0.2, 0.25) is 0 Å². The van der Waals surface area contributed by atoms with Crippen molar-refractivity contribution < 1.29 is 27.4 Å². The van der Waals surface area contributed by atoms with Crippen LogP contribution in [0.25, 0.3) is 0 Å². The lowest BCUT2D eigenvalue weighted by Gasteiger charge is -2.16. The Bertz CT molecular complexity index is 402. The molecule has 17 heavy (non-hydrogen) atoms. The van der Waals surface area contributed by atoms with Crippen LogP contribution in [0.1, 0.15) is 11.9 Å². The van der Waals surface area contributed by atoms with E-state index in [1.165, 1.54) is 12.1 Å². The highest BCUT2D eigenvalue weighted by atomic mass is 79.9. The number of rotatable bonds is 2. The van der Waals surface area contributed by atoms with E-state index in [2.05, 4.69) is 20.7 Å². The molecule has 0 bridgehead atoms. The molecule has 7 heteroatoms. The SMILES string of the molecule is FC(F)(F)Oc1cc(Br)ccc1C1OCCO1. The normalized spacial score (nSPS) is 17.4. The second-order valence-corrected chi connectivity index (χ2v) is 4.22. The van der Waals surface area contributed by atoms with Crippen LogP contribution < -0.4 is 4.74 Å².